The Hall–Kier alpha value is -1.81. The molecule has 0 aromatic heterocycles. The zero-order valence-electron chi connectivity index (χ0n) is 15.3. The summed E-state index contributed by atoms with van der Waals surface area (Å²) < 4.78 is 80.4. The van der Waals surface area contributed by atoms with E-state index in [0.717, 1.165) is 57.9 Å². The molecule has 3 rings (SSSR count). The van der Waals surface area contributed by atoms with Crippen molar-refractivity contribution < 1.29 is 43.7 Å². The van der Waals surface area contributed by atoms with E-state index in [0.29, 0.717) is 0 Å². The summed E-state index contributed by atoms with van der Waals surface area (Å²) in [6, 6.07) is 10.2. The van der Waals surface area contributed by atoms with Crippen molar-refractivity contribution in [2.75, 3.05) is 0 Å². The molecule has 1 aliphatic rings. The van der Waals surface area contributed by atoms with E-state index in [4.69, 9.17) is 0 Å². The van der Waals surface area contributed by atoms with Crippen molar-refractivity contribution in [1.82, 2.24) is 0 Å². The molecule has 0 aliphatic heterocycles. The molecule has 1 aliphatic carbocycles. The Labute approximate surface area is 171 Å². The summed E-state index contributed by atoms with van der Waals surface area (Å²) >= 11 is -2.37. The van der Waals surface area contributed by atoms with Crippen molar-refractivity contribution in [2.45, 2.75) is 38.0 Å². The van der Waals surface area contributed by atoms with Crippen LogP contribution in [0.3, 0.4) is 0 Å². The van der Waals surface area contributed by atoms with Crippen molar-refractivity contribution >= 4 is 7.91 Å². The third kappa shape index (κ3) is 5.63. The summed E-state index contributed by atoms with van der Waals surface area (Å²) in [6.45, 7) is 0. The van der Waals surface area contributed by atoms with Gasteiger partial charge in [-0.1, -0.05) is 0 Å². The van der Waals surface area contributed by atoms with Crippen LogP contribution in [0.5, 0.6) is 0 Å². The van der Waals surface area contributed by atoms with Gasteiger partial charge >= 0.3 is 171 Å². The van der Waals surface area contributed by atoms with Crippen LogP contribution >= 0.6 is 0 Å². The third-order valence-corrected chi connectivity index (χ3v) is 10.9. The van der Waals surface area contributed by atoms with Gasteiger partial charge in [-0.15, -0.1) is 0 Å². The summed E-state index contributed by atoms with van der Waals surface area (Å²) in [7, 11) is 0. The number of benzene rings is 2. The van der Waals surface area contributed by atoms with Crippen LogP contribution in [0.2, 0.25) is 0 Å². The summed E-state index contributed by atoms with van der Waals surface area (Å²) in [5, 5.41) is 0. The van der Waals surface area contributed by atoms with Gasteiger partial charge in [-0.05, 0) is 0 Å². The van der Waals surface area contributed by atoms with E-state index in [1.807, 2.05) is 0 Å². The van der Waals surface area contributed by atoms with Gasteiger partial charge in [0.2, 0.25) is 0 Å². The van der Waals surface area contributed by atoms with Crippen LogP contribution in [0.1, 0.15) is 36.8 Å². The molecule has 0 N–H and O–H groups in total. The monoisotopic (exact) mass is 592 g/mol. The van der Waals surface area contributed by atoms with Gasteiger partial charge in [0.1, 0.15) is 0 Å². The quantitative estimate of drug-likeness (QED) is 0.290. The summed E-state index contributed by atoms with van der Waals surface area (Å²) in [5.41, 5.74) is -1.45. The standard InChI is InChI=1S/C8H11.2C7H4F3.Pt/c1-2-4-6-8-7-5-3-1;2*8-7(9,10)6-4-2-1-3-5-6;/h1-2,7H,3-6H2;2*2-5H;. The number of hydrogen-bond donors (Lipinski definition) is 0. The van der Waals surface area contributed by atoms with Crippen molar-refractivity contribution in [3.63, 3.8) is 0 Å². The van der Waals surface area contributed by atoms with Crippen LogP contribution in [0.4, 0.5) is 26.3 Å². The zero-order valence-corrected chi connectivity index (χ0v) is 17.5. The van der Waals surface area contributed by atoms with Gasteiger partial charge in [0.15, 0.2) is 0 Å². The van der Waals surface area contributed by atoms with Crippen LogP contribution in [-0.4, -0.2) is 0 Å². The Kier molecular flexibility index (Phi) is 6.72. The molecule has 0 radical (unpaired) electrons. The maximum atomic E-state index is 12.9. The second-order valence-corrected chi connectivity index (χ2v) is 12.2. The first-order valence-electron chi connectivity index (χ1n) is 8.95. The van der Waals surface area contributed by atoms with E-state index >= 15 is 0 Å². The number of alkyl halides is 6. The van der Waals surface area contributed by atoms with E-state index in [9.17, 15) is 26.3 Å². The number of allylic oxidation sites excluding steroid dienone is 4. The van der Waals surface area contributed by atoms with Crippen molar-refractivity contribution in [3.8, 4) is 0 Å². The summed E-state index contributed by atoms with van der Waals surface area (Å²) in [6.07, 6.45) is 0.764. The Morgan fingerprint density at radius 1 is 0.586 bits per heavy atom. The predicted octanol–water partition coefficient (Wildman–Crippen LogP) is 6.31. The van der Waals surface area contributed by atoms with Crippen molar-refractivity contribution in [2.24, 2.45) is 0 Å². The molecule has 0 nitrogen and oxygen atoms in total. The Morgan fingerprint density at radius 3 is 1.48 bits per heavy atom. The fourth-order valence-electron chi connectivity index (χ4n) is 2.83. The molecule has 0 saturated carbocycles. The first-order valence-corrected chi connectivity index (χ1v) is 12.4. The molecule has 2 aromatic rings. The van der Waals surface area contributed by atoms with Gasteiger partial charge in [-0.3, -0.25) is 0 Å². The van der Waals surface area contributed by atoms with Gasteiger partial charge in [0.25, 0.3) is 0 Å². The van der Waals surface area contributed by atoms with Gasteiger partial charge in [-0.2, -0.15) is 0 Å². The molecule has 0 heterocycles. The predicted molar refractivity (Wildman–Crippen MR) is 97.8 cm³/mol. The minimum atomic E-state index is -4.42. The van der Waals surface area contributed by atoms with E-state index in [-0.39, 0.29) is 0 Å². The summed E-state index contributed by atoms with van der Waals surface area (Å²) in [5.74, 6) is 0. The molecular formula is C22H19F6Pt. The Morgan fingerprint density at radius 2 is 1.03 bits per heavy atom. The third-order valence-electron chi connectivity index (χ3n) is 4.26. The first kappa shape index (κ1) is 21.9. The Bertz CT molecular complexity index is 816. The zero-order chi connectivity index (χ0) is 21.1. The molecule has 0 fully saturated rings. The van der Waals surface area contributed by atoms with E-state index in [2.05, 4.69) is 18.2 Å². The van der Waals surface area contributed by atoms with Gasteiger partial charge < -0.3 is 0 Å². The molecule has 7 heteroatoms. The summed E-state index contributed by atoms with van der Waals surface area (Å²) in [4.78, 5) is 0. The number of hydrogen-bond acceptors (Lipinski definition) is 0. The average molecular weight is 592 g/mol. The van der Waals surface area contributed by atoms with Crippen LogP contribution in [0.25, 0.3) is 0 Å². The normalized spacial score (nSPS) is 16.1. The molecule has 0 saturated heterocycles. The second kappa shape index (κ2) is 8.91. The molecule has 29 heavy (non-hydrogen) atoms. The van der Waals surface area contributed by atoms with Crippen LogP contribution < -0.4 is 7.91 Å². The topological polar surface area (TPSA) is 0 Å². The molecule has 0 spiro atoms. The number of halogens is 6. The molecule has 0 amide bonds. The van der Waals surface area contributed by atoms with E-state index in [1.165, 1.54) is 28.2 Å². The fourth-order valence-corrected chi connectivity index (χ4v) is 9.23. The van der Waals surface area contributed by atoms with Gasteiger partial charge in [0, 0.05) is 0 Å². The van der Waals surface area contributed by atoms with E-state index in [1.54, 1.807) is 0 Å². The first-order chi connectivity index (χ1) is 13.7. The van der Waals surface area contributed by atoms with Crippen LogP contribution in [0, 0.1) is 0 Å². The SMILES string of the molecule is FC(F)(F)c1cc[c]([Pt]([C]2=CCCC=CCC2)[c]2ccc(C(F)(F)F)cc2)cc1. The minimum absolute atomic E-state index is 0.723. The van der Waals surface area contributed by atoms with Gasteiger partial charge in [0.05, 0.1) is 0 Å². The molecule has 2 aromatic carbocycles. The molecule has 0 bridgehead atoms. The maximum absolute atomic E-state index is 12.9. The fraction of sp³-hybridized carbons (Fsp3) is 0.273. The van der Waals surface area contributed by atoms with Crippen molar-refractivity contribution in [1.29, 1.82) is 0 Å². The molecule has 159 valence electrons. The second-order valence-electron chi connectivity index (χ2n) is 6.37. The van der Waals surface area contributed by atoms with E-state index < -0.39 is 40.8 Å². The average Bonchev–Trinajstić information content (AvgIpc) is 2.63. The van der Waals surface area contributed by atoms with Crippen LogP contribution in [0.15, 0.2) is 70.7 Å². The molecule has 0 atom stereocenters. The molecular weight excluding hydrogens is 573 g/mol. The van der Waals surface area contributed by atoms with Gasteiger partial charge in [-0.25, -0.2) is 0 Å². The van der Waals surface area contributed by atoms with Crippen LogP contribution in [-0.2, 0) is 29.7 Å². The Balaban J connectivity index is 2.02. The number of rotatable bonds is 3. The molecule has 0 unspecified atom stereocenters. The van der Waals surface area contributed by atoms with Crippen molar-refractivity contribution in [3.05, 3.63) is 81.8 Å².